The third-order valence-corrected chi connectivity index (χ3v) is 6.53. The fourth-order valence-electron chi connectivity index (χ4n) is 4.81. The highest BCUT2D eigenvalue weighted by atomic mass is 16.5. The monoisotopic (exact) mass is 490 g/mol. The minimum atomic E-state index is -0.507. The number of ether oxygens (including phenoxy) is 2. The van der Waals surface area contributed by atoms with Gasteiger partial charge in [-0.05, 0) is 43.5 Å². The molecule has 8 heteroatoms. The number of benzene rings is 2. The Morgan fingerprint density at radius 3 is 2.69 bits per heavy atom. The summed E-state index contributed by atoms with van der Waals surface area (Å²) in [7, 11) is 1.65. The van der Waals surface area contributed by atoms with E-state index in [-0.39, 0.29) is 11.2 Å². The van der Waals surface area contributed by atoms with E-state index in [0.717, 1.165) is 23.4 Å². The number of rotatable bonds is 11. The molecule has 0 bridgehead atoms. The average Bonchev–Trinajstić information content (AvgIpc) is 3.18. The van der Waals surface area contributed by atoms with Crippen LogP contribution in [0.15, 0.2) is 48.5 Å². The van der Waals surface area contributed by atoms with Crippen molar-refractivity contribution in [3.63, 3.8) is 0 Å². The molecular formula is C28H34N4O4. The van der Waals surface area contributed by atoms with Gasteiger partial charge in [-0.1, -0.05) is 37.3 Å². The fourth-order valence-corrected chi connectivity index (χ4v) is 4.81. The number of primary amides is 1. The number of fused-ring (bicyclic) bond motifs is 1. The highest BCUT2D eigenvalue weighted by Crippen LogP contribution is 2.38. The molecule has 1 amide bonds. The first-order valence-electron chi connectivity index (χ1n) is 12.2. The summed E-state index contributed by atoms with van der Waals surface area (Å²) in [5, 5.41) is 8.01. The van der Waals surface area contributed by atoms with Crippen LogP contribution in [0.4, 0.5) is 5.69 Å². The van der Waals surface area contributed by atoms with Crippen molar-refractivity contribution in [3.05, 3.63) is 76.6 Å². The van der Waals surface area contributed by atoms with E-state index in [1.54, 1.807) is 13.2 Å². The fraction of sp³-hybridized carbons (Fsp3) is 0.393. The molecule has 0 radical (unpaired) electrons. The van der Waals surface area contributed by atoms with Crippen molar-refractivity contribution in [2.24, 2.45) is 11.1 Å². The molecule has 1 heterocycles. The van der Waals surface area contributed by atoms with Gasteiger partial charge >= 0.3 is 0 Å². The summed E-state index contributed by atoms with van der Waals surface area (Å²) < 4.78 is 13.0. The molecule has 1 atom stereocenters. The Labute approximate surface area is 211 Å². The number of amides is 1. The number of carbonyl (C=O) groups excluding carboxylic acids is 2. The number of aromatic nitrogens is 2. The highest BCUT2D eigenvalue weighted by molar-refractivity contribution is 6.00. The number of nitrogens with zero attached hydrogens (tertiary/aromatic N) is 2. The van der Waals surface area contributed by atoms with Crippen LogP contribution in [0.1, 0.15) is 57.4 Å². The van der Waals surface area contributed by atoms with Gasteiger partial charge in [0.25, 0.3) is 5.91 Å². The van der Waals surface area contributed by atoms with Crippen LogP contribution in [0.3, 0.4) is 0 Å². The Hall–Kier alpha value is -3.49. The molecule has 1 aliphatic rings. The number of Topliss-reactive ketones (excluding diaryl/α,β-unsaturated/α-hetero) is 1. The minimum Gasteiger partial charge on any atom is -0.385 e. The van der Waals surface area contributed by atoms with Crippen LogP contribution >= 0.6 is 0 Å². The van der Waals surface area contributed by atoms with Gasteiger partial charge in [-0.15, -0.1) is 0 Å². The molecule has 1 unspecified atom stereocenters. The maximum absolute atomic E-state index is 13.2. The Balaban J connectivity index is 1.59. The highest BCUT2D eigenvalue weighted by Gasteiger charge is 2.39. The molecule has 0 fully saturated rings. The lowest BCUT2D eigenvalue weighted by atomic mass is 9.74. The number of hydrogen-bond acceptors (Lipinski definition) is 6. The van der Waals surface area contributed by atoms with E-state index in [4.69, 9.17) is 20.3 Å². The summed E-state index contributed by atoms with van der Waals surface area (Å²) >= 11 is 0. The number of hydrogen-bond donors (Lipinski definition) is 2. The van der Waals surface area contributed by atoms with Crippen molar-refractivity contribution < 1.29 is 19.1 Å². The molecule has 2 aromatic carbocycles. The first kappa shape index (κ1) is 25.6. The molecule has 0 aliphatic heterocycles. The number of methoxy groups -OCH3 is 1. The Morgan fingerprint density at radius 1 is 1.19 bits per heavy atom. The Bertz CT molecular complexity index is 1240. The standard InChI is InChI=1S/C28H34N4O4/c1-19-26-24(15-28(2,16-25(26)33)18-36-17-20-8-5-4-6-9-20)32(31-19)21-10-11-22(27(29)34)23(14-21)30-12-7-13-35-3/h4-6,8-11,14,30H,7,12-13,15-18H2,1-3H3,(H2,29,34). The van der Waals surface area contributed by atoms with E-state index in [2.05, 4.69) is 12.2 Å². The zero-order valence-electron chi connectivity index (χ0n) is 21.2. The van der Waals surface area contributed by atoms with Crippen LogP contribution in [0.5, 0.6) is 0 Å². The Morgan fingerprint density at radius 2 is 1.97 bits per heavy atom. The van der Waals surface area contributed by atoms with E-state index in [1.165, 1.54) is 0 Å². The van der Waals surface area contributed by atoms with E-state index in [9.17, 15) is 9.59 Å². The molecule has 36 heavy (non-hydrogen) atoms. The first-order valence-corrected chi connectivity index (χ1v) is 12.2. The van der Waals surface area contributed by atoms with Gasteiger partial charge < -0.3 is 20.5 Å². The second-order valence-electron chi connectivity index (χ2n) is 9.75. The van der Waals surface area contributed by atoms with Gasteiger partial charge in [0.15, 0.2) is 5.78 Å². The predicted octanol–water partition coefficient (Wildman–Crippen LogP) is 4.08. The van der Waals surface area contributed by atoms with Gasteiger partial charge in [0, 0.05) is 37.8 Å². The largest absolute Gasteiger partial charge is 0.385 e. The number of ketones is 1. The quantitative estimate of drug-likeness (QED) is 0.392. The van der Waals surface area contributed by atoms with E-state index in [1.807, 2.05) is 54.1 Å². The molecule has 0 saturated heterocycles. The molecule has 8 nitrogen and oxygen atoms in total. The number of nitrogens with two attached hydrogens (primary N) is 1. The topological polar surface area (TPSA) is 108 Å². The maximum atomic E-state index is 13.2. The molecule has 4 rings (SSSR count). The van der Waals surface area contributed by atoms with Gasteiger partial charge in [0.05, 0.1) is 41.4 Å². The predicted molar refractivity (Wildman–Crippen MR) is 139 cm³/mol. The number of carbonyl (C=O) groups is 2. The van der Waals surface area contributed by atoms with Crippen molar-refractivity contribution in [3.8, 4) is 5.69 Å². The van der Waals surface area contributed by atoms with Gasteiger partial charge in [0.2, 0.25) is 0 Å². The summed E-state index contributed by atoms with van der Waals surface area (Å²) in [4.78, 5) is 25.2. The van der Waals surface area contributed by atoms with Gasteiger partial charge in [0.1, 0.15) is 0 Å². The van der Waals surface area contributed by atoms with Gasteiger partial charge in [-0.2, -0.15) is 5.10 Å². The molecular weight excluding hydrogens is 456 g/mol. The van der Waals surface area contributed by atoms with Crippen LogP contribution < -0.4 is 11.1 Å². The molecule has 1 aliphatic carbocycles. The second kappa shape index (κ2) is 11.1. The zero-order valence-corrected chi connectivity index (χ0v) is 21.2. The Kier molecular flexibility index (Phi) is 7.86. The average molecular weight is 491 g/mol. The third kappa shape index (κ3) is 5.66. The van der Waals surface area contributed by atoms with Crippen molar-refractivity contribution in [2.75, 3.05) is 32.2 Å². The second-order valence-corrected chi connectivity index (χ2v) is 9.75. The third-order valence-electron chi connectivity index (χ3n) is 6.53. The molecule has 190 valence electrons. The van der Waals surface area contributed by atoms with E-state index in [0.29, 0.717) is 61.7 Å². The first-order chi connectivity index (χ1) is 17.3. The van der Waals surface area contributed by atoms with Crippen molar-refractivity contribution in [1.29, 1.82) is 0 Å². The lowest BCUT2D eigenvalue weighted by Crippen LogP contribution is -2.34. The van der Waals surface area contributed by atoms with Crippen LogP contribution in [0.25, 0.3) is 5.69 Å². The number of nitrogens with one attached hydrogen (secondary N) is 1. The van der Waals surface area contributed by atoms with Crippen molar-refractivity contribution in [2.45, 2.75) is 39.7 Å². The summed E-state index contributed by atoms with van der Waals surface area (Å²) in [6, 6.07) is 15.4. The SMILES string of the molecule is COCCCNc1cc(-n2nc(C)c3c2CC(C)(COCc2ccccc2)CC3=O)ccc1C(N)=O. The molecule has 1 aromatic heterocycles. The van der Waals surface area contributed by atoms with Crippen molar-refractivity contribution in [1.82, 2.24) is 9.78 Å². The summed E-state index contributed by atoms with van der Waals surface area (Å²) in [5.74, 6) is -0.426. The lowest BCUT2D eigenvalue weighted by Gasteiger charge is -2.33. The molecule has 0 spiro atoms. The van der Waals surface area contributed by atoms with Crippen LogP contribution in [0.2, 0.25) is 0 Å². The normalized spacial score (nSPS) is 17.1. The van der Waals surface area contributed by atoms with Crippen LogP contribution in [-0.2, 0) is 22.5 Å². The van der Waals surface area contributed by atoms with Crippen LogP contribution in [-0.4, -0.2) is 48.3 Å². The van der Waals surface area contributed by atoms with Gasteiger partial charge in [-0.3, -0.25) is 9.59 Å². The minimum absolute atomic E-state index is 0.0810. The van der Waals surface area contributed by atoms with Crippen molar-refractivity contribution >= 4 is 17.4 Å². The number of anilines is 1. The summed E-state index contributed by atoms with van der Waals surface area (Å²) in [5.41, 5.74) is 10.4. The van der Waals surface area contributed by atoms with Gasteiger partial charge in [-0.25, -0.2) is 4.68 Å². The summed E-state index contributed by atoms with van der Waals surface area (Å²) in [6.07, 6.45) is 1.84. The lowest BCUT2D eigenvalue weighted by molar-refractivity contribution is 0.0327. The number of aryl methyl sites for hydroxylation is 1. The molecule has 3 aromatic rings. The van der Waals surface area contributed by atoms with E-state index < -0.39 is 5.91 Å². The maximum Gasteiger partial charge on any atom is 0.250 e. The smallest absolute Gasteiger partial charge is 0.250 e. The summed E-state index contributed by atoms with van der Waals surface area (Å²) in [6.45, 7) is 6.15. The molecule has 0 saturated carbocycles. The van der Waals surface area contributed by atoms with E-state index >= 15 is 0 Å². The zero-order chi connectivity index (χ0) is 25.7. The molecule has 3 N–H and O–H groups in total. The van der Waals surface area contributed by atoms with Crippen LogP contribution in [0, 0.1) is 12.3 Å².